The van der Waals surface area contributed by atoms with Gasteiger partial charge < -0.3 is 9.47 Å². The number of nitrogens with zero attached hydrogens (tertiary/aromatic N) is 5. The lowest BCUT2D eigenvalue weighted by Crippen LogP contribution is -2.44. The molecule has 35 heavy (non-hydrogen) atoms. The lowest BCUT2D eigenvalue weighted by Gasteiger charge is -2.37. The molecule has 3 aromatic rings. The van der Waals surface area contributed by atoms with Crippen molar-refractivity contribution in [2.75, 3.05) is 18.0 Å². The predicted molar refractivity (Wildman–Crippen MR) is 127 cm³/mol. The van der Waals surface area contributed by atoms with Crippen molar-refractivity contribution in [3.05, 3.63) is 77.9 Å². The van der Waals surface area contributed by atoms with Gasteiger partial charge in [0.1, 0.15) is 35.2 Å². The highest BCUT2D eigenvalue weighted by Gasteiger charge is 2.57. The number of hydrogen-bond donors (Lipinski definition) is 0. The predicted octanol–water partition coefficient (Wildman–Crippen LogP) is 3.92. The summed E-state index contributed by atoms with van der Waals surface area (Å²) in [5.41, 5.74) is 1.04. The summed E-state index contributed by atoms with van der Waals surface area (Å²) in [6.07, 6.45) is 4.58. The molecule has 1 aliphatic carbocycles. The van der Waals surface area contributed by atoms with E-state index in [1.165, 1.54) is 16.4 Å². The van der Waals surface area contributed by atoms with Crippen molar-refractivity contribution < 1.29 is 17.2 Å². The molecule has 1 saturated carbocycles. The first-order valence-electron chi connectivity index (χ1n) is 12.0. The first-order valence-corrected chi connectivity index (χ1v) is 13.5. The Kier molecular flexibility index (Phi) is 5.41. The van der Waals surface area contributed by atoms with Gasteiger partial charge in [0.25, 0.3) is 0 Å². The molecule has 0 radical (unpaired) electrons. The van der Waals surface area contributed by atoms with Crippen LogP contribution in [0.5, 0.6) is 0 Å². The van der Waals surface area contributed by atoms with Crippen molar-refractivity contribution in [2.24, 2.45) is 11.8 Å². The van der Waals surface area contributed by atoms with Crippen LogP contribution in [-0.2, 0) is 16.6 Å². The quantitative estimate of drug-likeness (QED) is 0.532. The highest BCUT2D eigenvalue weighted by Crippen LogP contribution is 2.56. The van der Waals surface area contributed by atoms with Gasteiger partial charge in [0.05, 0.1) is 0 Å². The molecule has 184 valence electrons. The fourth-order valence-corrected chi connectivity index (χ4v) is 8.22. The second-order valence-corrected chi connectivity index (χ2v) is 12.0. The van der Waals surface area contributed by atoms with Crippen LogP contribution in [0.2, 0.25) is 0 Å². The van der Waals surface area contributed by atoms with E-state index in [-0.39, 0.29) is 24.3 Å². The largest absolute Gasteiger partial charge is 0.366 e. The summed E-state index contributed by atoms with van der Waals surface area (Å²) in [4.78, 5) is 1.76. The van der Waals surface area contributed by atoms with Crippen LogP contribution in [0, 0.1) is 23.5 Å². The Morgan fingerprint density at radius 1 is 0.971 bits per heavy atom. The average molecular weight is 500 g/mol. The molecule has 2 aliphatic heterocycles. The number of sulfonamides is 1. The molecule has 2 saturated heterocycles. The standard InChI is InChI=1S/C25H27F2N5O2S/c1-16-7-8-23(18-5-3-2-4-6-18)35(33,34)32(16)11-17-9-21(26)25(22(27)10-17)30-12-19-20(13-30)24(19)31-14-28-29-15-31/h2-6,9-10,14-16,19-20,23-24H,7-8,11-13H2,1H3/t16-,19-,20+,23-,24?/m0/s1. The Hall–Kier alpha value is -2.85. The summed E-state index contributed by atoms with van der Waals surface area (Å²) in [7, 11) is -3.68. The smallest absolute Gasteiger partial charge is 0.221 e. The van der Waals surface area contributed by atoms with Crippen molar-refractivity contribution in [3.8, 4) is 0 Å². The molecule has 1 aromatic heterocycles. The first-order chi connectivity index (χ1) is 16.8. The number of aromatic nitrogens is 3. The number of rotatable bonds is 5. The molecule has 6 rings (SSSR count). The van der Waals surface area contributed by atoms with Crippen LogP contribution in [0.25, 0.3) is 0 Å². The first kappa shape index (κ1) is 22.6. The van der Waals surface area contributed by atoms with E-state index in [1.54, 1.807) is 17.6 Å². The number of halogens is 2. The number of fused-ring (bicyclic) bond motifs is 1. The van der Waals surface area contributed by atoms with Crippen LogP contribution in [0.3, 0.4) is 0 Å². The maximum absolute atomic E-state index is 15.2. The molecule has 0 bridgehead atoms. The highest BCUT2D eigenvalue weighted by molar-refractivity contribution is 7.89. The van der Waals surface area contributed by atoms with Gasteiger partial charge in [-0.1, -0.05) is 30.3 Å². The van der Waals surface area contributed by atoms with E-state index in [0.717, 1.165) is 5.56 Å². The molecule has 3 aliphatic rings. The van der Waals surface area contributed by atoms with Crippen LogP contribution in [-0.4, -0.2) is 46.6 Å². The Morgan fingerprint density at radius 2 is 1.60 bits per heavy atom. The van der Waals surface area contributed by atoms with Crippen molar-refractivity contribution in [3.63, 3.8) is 0 Å². The minimum atomic E-state index is -3.68. The van der Waals surface area contributed by atoms with Gasteiger partial charge in [-0.05, 0) is 43.0 Å². The van der Waals surface area contributed by atoms with Gasteiger partial charge in [-0.15, -0.1) is 10.2 Å². The van der Waals surface area contributed by atoms with Gasteiger partial charge in [-0.2, -0.15) is 4.31 Å². The maximum Gasteiger partial charge on any atom is 0.221 e. The van der Waals surface area contributed by atoms with Gasteiger partial charge in [0.15, 0.2) is 0 Å². The van der Waals surface area contributed by atoms with E-state index in [4.69, 9.17) is 0 Å². The lowest BCUT2D eigenvalue weighted by molar-refractivity contribution is 0.281. The van der Waals surface area contributed by atoms with Crippen LogP contribution in [0.15, 0.2) is 55.1 Å². The zero-order chi connectivity index (χ0) is 24.3. The molecule has 2 aromatic carbocycles. The summed E-state index contributed by atoms with van der Waals surface area (Å²) in [5.74, 6) is -0.662. The molecule has 1 unspecified atom stereocenters. The fraction of sp³-hybridized carbons (Fsp3) is 0.440. The molecule has 0 spiro atoms. The molecule has 0 amide bonds. The third kappa shape index (κ3) is 3.83. The third-order valence-corrected chi connectivity index (χ3v) is 10.2. The highest BCUT2D eigenvalue weighted by atomic mass is 32.2. The molecule has 3 fully saturated rings. The van der Waals surface area contributed by atoms with Crippen molar-refractivity contribution in [2.45, 2.75) is 43.6 Å². The molecule has 0 N–H and O–H groups in total. The van der Waals surface area contributed by atoms with Crippen LogP contribution < -0.4 is 4.90 Å². The second kappa shape index (κ2) is 8.37. The normalized spacial score (nSPS) is 29.8. The molecule has 5 atom stereocenters. The zero-order valence-electron chi connectivity index (χ0n) is 19.3. The van der Waals surface area contributed by atoms with Crippen molar-refractivity contribution in [1.29, 1.82) is 0 Å². The molecule has 3 heterocycles. The summed E-state index contributed by atoms with van der Waals surface area (Å²) in [6.45, 7) is 2.93. The van der Waals surface area contributed by atoms with E-state index in [2.05, 4.69) is 10.2 Å². The van der Waals surface area contributed by atoms with Gasteiger partial charge >= 0.3 is 0 Å². The van der Waals surface area contributed by atoms with Crippen LogP contribution in [0.1, 0.15) is 42.2 Å². The average Bonchev–Trinajstić information content (AvgIpc) is 3.19. The minimum absolute atomic E-state index is 0.0276. The number of benzene rings is 2. The molecule has 10 heteroatoms. The Morgan fingerprint density at radius 3 is 2.23 bits per heavy atom. The third-order valence-electron chi connectivity index (χ3n) is 7.86. The number of anilines is 1. The Bertz CT molecular complexity index is 1300. The summed E-state index contributed by atoms with van der Waals surface area (Å²) in [6, 6.07) is 11.8. The van der Waals surface area contributed by atoms with Crippen LogP contribution >= 0.6 is 0 Å². The van der Waals surface area contributed by atoms with Crippen molar-refractivity contribution >= 4 is 15.7 Å². The molecular weight excluding hydrogens is 472 g/mol. The van der Waals surface area contributed by atoms with E-state index >= 15 is 8.78 Å². The monoisotopic (exact) mass is 499 g/mol. The summed E-state index contributed by atoms with van der Waals surface area (Å²) >= 11 is 0. The number of hydrogen-bond acceptors (Lipinski definition) is 5. The Labute approximate surface area is 203 Å². The van der Waals surface area contributed by atoms with E-state index in [0.29, 0.717) is 43.3 Å². The molecule has 7 nitrogen and oxygen atoms in total. The van der Waals surface area contributed by atoms with Crippen molar-refractivity contribution in [1.82, 2.24) is 19.1 Å². The van der Waals surface area contributed by atoms with Gasteiger partial charge in [0.2, 0.25) is 10.0 Å². The van der Waals surface area contributed by atoms with Crippen LogP contribution in [0.4, 0.5) is 14.5 Å². The van der Waals surface area contributed by atoms with Gasteiger partial charge in [-0.25, -0.2) is 17.2 Å². The lowest BCUT2D eigenvalue weighted by atomic mass is 10.0. The zero-order valence-corrected chi connectivity index (χ0v) is 20.2. The maximum atomic E-state index is 15.2. The summed E-state index contributed by atoms with van der Waals surface area (Å²) in [5, 5.41) is 7.04. The van der Waals surface area contributed by atoms with E-state index in [1.807, 2.05) is 41.8 Å². The fourth-order valence-electron chi connectivity index (χ4n) is 6.03. The van der Waals surface area contributed by atoms with Gasteiger partial charge in [0, 0.05) is 43.6 Å². The minimum Gasteiger partial charge on any atom is -0.366 e. The van der Waals surface area contributed by atoms with E-state index < -0.39 is 26.9 Å². The number of piperidine rings is 1. The molecular formula is C25H27F2N5O2S. The second-order valence-electron chi connectivity index (χ2n) is 9.96. The SMILES string of the molecule is C[C@H]1CC[C@@H](c2ccccc2)S(=O)(=O)N1Cc1cc(F)c(N2C[C@@H]3C(n4cnnc4)[C@@H]3C2)c(F)c1. The van der Waals surface area contributed by atoms with E-state index in [9.17, 15) is 8.42 Å². The summed E-state index contributed by atoms with van der Waals surface area (Å²) < 4.78 is 60.7. The van der Waals surface area contributed by atoms with Gasteiger partial charge in [-0.3, -0.25) is 0 Å². The topological polar surface area (TPSA) is 71.3 Å². The Balaban J connectivity index is 1.20.